The highest BCUT2D eigenvalue weighted by atomic mass is 16.5. The lowest BCUT2D eigenvalue weighted by Crippen LogP contribution is -2.35. The summed E-state index contributed by atoms with van der Waals surface area (Å²) in [7, 11) is 0. The molecule has 0 atom stereocenters. The van der Waals surface area contributed by atoms with E-state index in [-0.39, 0.29) is 0 Å². The van der Waals surface area contributed by atoms with Crippen LogP contribution in [0.15, 0.2) is 54.6 Å². The van der Waals surface area contributed by atoms with E-state index < -0.39 is 0 Å². The minimum atomic E-state index is 0.324. The third-order valence-electron chi connectivity index (χ3n) is 5.43. The first kappa shape index (κ1) is 18.0. The summed E-state index contributed by atoms with van der Waals surface area (Å²) >= 11 is 0. The quantitative estimate of drug-likeness (QED) is 0.613. The molecule has 1 aliphatic rings. The number of rotatable bonds is 9. The maximum absolute atomic E-state index is 5.74. The van der Waals surface area contributed by atoms with Crippen LogP contribution < -0.4 is 10.1 Å². The van der Waals surface area contributed by atoms with Gasteiger partial charge in [-0.05, 0) is 42.5 Å². The fraction of sp³-hybridized carbons (Fsp3) is 0.478. The Morgan fingerprint density at radius 1 is 0.960 bits per heavy atom. The molecule has 1 N–H and O–H groups in total. The van der Waals surface area contributed by atoms with Gasteiger partial charge in [-0.1, -0.05) is 68.7 Å². The van der Waals surface area contributed by atoms with Crippen LogP contribution in [-0.2, 0) is 12.0 Å². The maximum Gasteiger partial charge on any atom is 0.119 e. The van der Waals surface area contributed by atoms with E-state index in [9.17, 15) is 0 Å². The number of nitrogens with one attached hydrogen (secondary N) is 1. The van der Waals surface area contributed by atoms with Crippen molar-refractivity contribution in [3.05, 3.63) is 65.7 Å². The summed E-state index contributed by atoms with van der Waals surface area (Å²) in [6.07, 6.45) is 7.58. The third kappa shape index (κ3) is 4.85. The van der Waals surface area contributed by atoms with Crippen molar-refractivity contribution in [2.45, 2.75) is 57.4 Å². The predicted molar refractivity (Wildman–Crippen MR) is 105 cm³/mol. The zero-order chi connectivity index (χ0) is 17.4. The van der Waals surface area contributed by atoms with Crippen LogP contribution in [0.2, 0.25) is 0 Å². The molecule has 0 bridgehead atoms. The minimum Gasteiger partial charge on any atom is -0.494 e. The molecule has 3 rings (SSSR count). The molecule has 1 saturated carbocycles. The Bertz CT molecular complexity index is 614. The van der Waals surface area contributed by atoms with E-state index in [4.69, 9.17) is 4.74 Å². The van der Waals surface area contributed by atoms with E-state index in [2.05, 4.69) is 66.8 Å². The molecule has 2 nitrogen and oxygen atoms in total. The van der Waals surface area contributed by atoms with Crippen LogP contribution in [0.25, 0.3) is 0 Å². The van der Waals surface area contributed by atoms with E-state index in [0.717, 1.165) is 31.9 Å². The van der Waals surface area contributed by atoms with Gasteiger partial charge in [0.15, 0.2) is 0 Å². The van der Waals surface area contributed by atoms with Gasteiger partial charge < -0.3 is 10.1 Å². The first-order valence-electron chi connectivity index (χ1n) is 9.80. The van der Waals surface area contributed by atoms with Gasteiger partial charge in [0.25, 0.3) is 0 Å². The first-order valence-corrected chi connectivity index (χ1v) is 9.80. The zero-order valence-corrected chi connectivity index (χ0v) is 15.5. The second-order valence-electron chi connectivity index (χ2n) is 7.30. The van der Waals surface area contributed by atoms with Crippen LogP contribution in [0.1, 0.15) is 56.6 Å². The van der Waals surface area contributed by atoms with Crippen molar-refractivity contribution in [3.63, 3.8) is 0 Å². The van der Waals surface area contributed by atoms with E-state index in [1.807, 2.05) is 0 Å². The number of benzene rings is 2. The molecule has 0 heterocycles. The van der Waals surface area contributed by atoms with Gasteiger partial charge in [0.05, 0.1) is 6.61 Å². The van der Waals surface area contributed by atoms with Crippen molar-refractivity contribution in [2.24, 2.45) is 0 Å². The SMILES string of the molecule is CCCCOc1ccc(CNCC2(c3ccccc3)CCCC2)cc1. The monoisotopic (exact) mass is 337 g/mol. The number of hydrogen-bond acceptors (Lipinski definition) is 2. The largest absolute Gasteiger partial charge is 0.494 e. The van der Waals surface area contributed by atoms with E-state index in [1.54, 1.807) is 0 Å². The molecule has 0 saturated heterocycles. The van der Waals surface area contributed by atoms with Crippen LogP contribution in [-0.4, -0.2) is 13.2 Å². The van der Waals surface area contributed by atoms with Crippen molar-refractivity contribution < 1.29 is 4.74 Å². The second kappa shape index (κ2) is 9.05. The lowest BCUT2D eigenvalue weighted by Gasteiger charge is -2.30. The Morgan fingerprint density at radius 3 is 2.36 bits per heavy atom. The van der Waals surface area contributed by atoms with Crippen LogP contribution in [0.4, 0.5) is 0 Å². The summed E-state index contributed by atoms with van der Waals surface area (Å²) in [4.78, 5) is 0. The average molecular weight is 338 g/mol. The van der Waals surface area contributed by atoms with Crippen molar-refractivity contribution in [1.29, 1.82) is 0 Å². The van der Waals surface area contributed by atoms with Crippen LogP contribution >= 0.6 is 0 Å². The molecule has 0 spiro atoms. The van der Waals surface area contributed by atoms with Crippen molar-refractivity contribution in [2.75, 3.05) is 13.2 Å². The lowest BCUT2D eigenvalue weighted by atomic mass is 9.79. The molecular weight excluding hydrogens is 306 g/mol. The van der Waals surface area contributed by atoms with Gasteiger partial charge in [-0.15, -0.1) is 0 Å². The van der Waals surface area contributed by atoms with E-state index in [0.29, 0.717) is 5.41 Å². The maximum atomic E-state index is 5.74. The molecule has 2 aromatic rings. The van der Waals surface area contributed by atoms with Gasteiger partial charge in [-0.2, -0.15) is 0 Å². The third-order valence-corrected chi connectivity index (χ3v) is 5.43. The first-order chi connectivity index (χ1) is 12.3. The Kier molecular flexibility index (Phi) is 6.52. The minimum absolute atomic E-state index is 0.324. The Balaban J connectivity index is 1.53. The molecule has 0 aromatic heterocycles. The van der Waals surface area contributed by atoms with E-state index in [1.165, 1.54) is 43.2 Å². The summed E-state index contributed by atoms with van der Waals surface area (Å²) in [6, 6.07) is 19.6. The van der Waals surface area contributed by atoms with Gasteiger partial charge >= 0.3 is 0 Å². The fourth-order valence-electron chi connectivity index (χ4n) is 3.89. The van der Waals surface area contributed by atoms with E-state index >= 15 is 0 Å². The molecule has 134 valence electrons. The summed E-state index contributed by atoms with van der Waals surface area (Å²) in [6.45, 7) is 4.98. The molecular formula is C23H31NO. The van der Waals surface area contributed by atoms with Crippen LogP contribution in [0.5, 0.6) is 5.75 Å². The second-order valence-corrected chi connectivity index (χ2v) is 7.30. The Labute approximate surface area is 152 Å². The highest BCUT2D eigenvalue weighted by molar-refractivity contribution is 5.29. The van der Waals surface area contributed by atoms with Gasteiger partial charge in [0.1, 0.15) is 5.75 Å². The fourth-order valence-corrected chi connectivity index (χ4v) is 3.89. The molecule has 1 fully saturated rings. The molecule has 0 aliphatic heterocycles. The summed E-state index contributed by atoms with van der Waals surface area (Å²) < 4.78 is 5.74. The lowest BCUT2D eigenvalue weighted by molar-refractivity contribution is 0.309. The number of unbranched alkanes of at least 4 members (excludes halogenated alkanes) is 1. The smallest absolute Gasteiger partial charge is 0.119 e. The van der Waals surface area contributed by atoms with Crippen LogP contribution in [0.3, 0.4) is 0 Å². The van der Waals surface area contributed by atoms with Crippen LogP contribution in [0, 0.1) is 0 Å². The van der Waals surface area contributed by atoms with Crippen molar-refractivity contribution >= 4 is 0 Å². The molecule has 0 unspecified atom stereocenters. The van der Waals surface area contributed by atoms with Gasteiger partial charge in [-0.3, -0.25) is 0 Å². The van der Waals surface area contributed by atoms with Gasteiger partial charge in [0.2, 0.25) is 0 Å². The molecule has 0 radical (unpaired) electrons. The van der Waals surface area contributed by atoms with Gasteiger partial charge in [0, 0.05) is 18.5 Å². The highest BCUT2D eigenvalue weighted by Crippen LogP contribution is 2.40. The Hall–Kier alpha value is -1.80. The van der Waals surface area contributed by atoms with Gasteiger partial charge in [-0.25, -0.2) is 0 Å². The summed E-state index contributed by atoms with van der Waals surface area (Å²) in [5, 5.41) is 3.71. The number of ether oxygens (including phenoxy) is 1. The summed E-state index contributed by atoms with van der Waals surface area (Å²) in [5.74, 6) is 0.980. The molecule has 2 aromatic carbocycles. The normalized spacial score (nSPS) is 16.0. The zero-order valence-electron chi connectivity index (χ0n) is 15.5. The average Bonchev–Trinajstić information content (AvgIpc) is 3.14. The topological polar surface area (TPSA) is 21.3 Å². The predicted octanol–water partition coefficient (Wildman–Crippen LogP) is 5.47. The Morgan fingerprint density at radius 2 is 1.68 bits per heavy atom. The number of hydrogen-bond donors (Lipinski definition) is 1. The standard InChI is InChI=1S/C23H31NO/c1-2-3-17-25-22-13-11-20(12-14-22)18-24-19-23(15-7-8-16-23)21-9-5-4-6-10-21/h4-6,9-14,24H,2-3,7-8,15-19H2,1H3. The summed E-state index contributed by atoms with van der Waals surface area (Å²) in [5.41, 5.74) is 3.15. The molecule has 1 aliphatic carbocycles. The molecule has 2 heteroatoms. The molecule has 25 heavy (non-hydrogen) atoms. The highest BCUT2D eigenvalue weighted by Gasteiger charge is 2.34. The van der Waals surface area contributed by atoms with Crippen molar-refractivity contribution in [3.8, 4) is 5.75 Å². The molecule has 0 amide bonds. The van der Waals surface area contributed by atoms with Crippen molar-refractivity contribution in [1.82, 2.24) is 5.32 Å².